The summed E-state index contributed by atoms with van der Waals surface area (Å²) < 4.78 is 11.3. The summed E-state index contributed by atoms with van der Waals surface area (Å²) >= 11 is 0. The highest BCUT2D eigenvalue weighted by Gasteiger charge is 2.22. The third-order valence-electron chi connectivity index (χ3n) is 13.4. The first-order valence-corrected chi connectivity index (χ1v) is 23.1. The summed E-state index contributed by atoms with van der Waals surface area (Å²) in [6, 6.07) is 80.7. The van der Waals surface area contributed by atoms with Crippen molar-refractivity contribution < 1.29 is 4.42 Å². The molecule has 0 radical (unpaired) electrons. The lowest BCUT2D eigenvalue weighted by molar-refractivity contribution is 0.621. The fraction of sp³-hybridized carbons (Fsp3) is 0. The highest BCUT2D eigenvalue weighted by atomic mass is 16.3. The zero-order valence-corrected chi connectivity index (χ0v) is 37.0. The number of fused-ring (bicyclic) bond motifs is 9. The second-order valence-corrected chi connectivity index (χ2v) is 17.4. The smallest absolute Gasteiger partial charge is 0.227 e. The molecule has 322 valence electrons. The summed E-state index contributed by atoms with van der Waals surface area (Å²) in [7, 11) is 0. The number of oxazole rings is 1. The first kappa shape index (κ1) is 38.8. The molecule has 10 aromatic carbocycles. The van der Waals surface area contributed by atoms with Gasteiger partial charge in [-0.05, 0) is 89.1 Å². The van der Waals surface area contributed by atoms with Crippen LogP contribution in [0.5, 0.6) is 0 Å². The van der Waals surface area contributed by atoms with Gasteiger partial charge in [0.15, 0.2) is 23.1 Å². The molecule has 14 rings (SSSR count). The zero-order valence-electron chi connectivity index (χ0n) is 37.0. The highest BCUT2D eigenvalue weighted by molar-refractivity contribution is 6.24. The van der Waals surface area contributed by atoms with E-state index in [9.17, 15) is 0 Å². The fourth-order valence-corrected chi connectivity index (χ4v) is 10.2. The van der Waals surface area contributed by atoms with Gasteiger partial charge in [0.05, 0.1) is 22.1 Å². The minimum atomic E-state index is 0.620. The van der Waals surface area contributed by atoms with Gasteiger partial charge in [-0.15, -0.1) is 0 Å². The van der Waals surface area contributed by atoms with E-state index in [-0.39, 0.29) is 0 Å². The van der Waals surface area contributed by atoms with Crippen molar-refractivity contribution in [1.82, 2.24) is 29.1 Å². The molecule has 0 unspecified atom stereocenters. The second kappa shape index (κ2) is 15.6. The maximum Gasteiger partial charge on any atom is 0.227 e. The molecule has 0 saturated heterocycles. The fourth-order valence-electron chi connectivity index (χ4n) is 10.2. The average Bonchev–Trinajstić information content (AvgIpc) is 4.12. The standard InChI is InChI=1S/C62H38N6O/c1-4-15-39(16-5-1)59-64-60(40-17-6-2-7-18-40)66-61(65-59)41-29-32-46(33-30-41)67-54-25-12-10-21-49(54)51-35-36-52-50-22-11-13-26-55(50)68(57(52)56(51)67)47-34-31-43-37-45(28-27-44(43)38-47)48-23-14-24-53-58(48)69-62(63-53)42-19-8-3-9-20-42/h1-38H. The Labute approximate surface area is 395 Å². The third-order valence-corrected chi connectivity index (χ3v) is 13.4. The van der Waals surface area contributed by atoms with Crippen molar-refractivity contribution in [3.63, 3.8) is 0 Å². The van der Waals surface area contributed by atoms with E-state index in [4.69, 9.17) is 24.4 Å². The van der Waals surface area contributed by atoms with Gasteiger partial charge in [-0.25, -0.2) is 19.9 Å². The summed E-state index contributed by atoms with van der Waals surface area (Å²) in [4.78, 5) is 19.8. The average molecular weight is 883 g/mol. The van der Waals surface area contributed by atoms with Crippen LogP contribution in [0.3, 0.4) is 0 Å². The monoisotopic (exact) mass is 882 g/mol. The van der Waals surface area contributed by atoms with E-state index >= 15 is 0 Å². The zero-order chi connectivity index (χ0) is 45.4. The van der Waals surface area contributed by atoms with Gasteiger partial charge >= 0.3 is 0 Å². The van der Waals surface area contributed by atoms with Gasteiger partial charge in [-0.1, -0.05) is 158 Å². The van der Waals surface area contributed by atoms with Crippen LogP contribution in [0.1, 0.15) is 0 Å². The normalized spacial score (nSPS) is 11.8. The van der Waals surface area contributed by atoms with E-state index in [2.05, 4.69) is 143 Å². The van der Waals surface area contributed by atoms with Crippen molar-refractivity contribution in [1.29, 1.82) is 0 Å². The van der Waals surface area contributed by atoms with Gasteiger partial charge in [0.1, 0.15) is 5.52 Å². The molecular formula is C62H38N6O. The number of nitrogens with zero attached hydrogens (tertiary/aromatic N) is 6. The third kappa shape index (κ3) is 6.36. The number of para-hydroxylation sites is 3. The number of rotatable bonds is 7. The molecule has 0 aliphatic rings. The molecule has 7 nitrogen and oxygen atoms in total. The maximum atomic E-state index is 6.44. The van der Waals surface area contributed by atoms with Crippen molar-refractivity contribution in [2.45, 2.75) is 0 Å². The first-order valence-electron chi connectivity index (χ1n) is 23.1. The highest BCUT2D eigenvalue weighted by Crippen LogP contribution is 2.43. The van der Waals surface area contributed by atoms with Crippen LogP contribution in [0.2, 0.25) is 0 Å². The molecule has 0 aliphatic carbocycles. The van der Waals surface area contributed by atoms with Gasteiger partial charge < -0.3 is 13.6 Å². The summed E-state index contributed by atoms with van der Waals surface area (Å²) in [6.45, 7) is 0. The van der Waals surface area contributed by atoms with Crippen molar-refractivity contribution in [2.24, 2.45) is 0 Å². The molecule has 0 N–H and O–H groups in total. The predicted molar refractivity (Wildman–Crippen MR) is 281 cm³/mol. The van der Waals surface area contributed by atoms with E-state index in [1.807, 2.05) is 97.1 Å². The molecule has 4 heterocycles. The Morgan fingerprint density at radius 1 is 0.319 bits per heavy atom. The van der Waals surface area contributed by atoms with Gasteiger partial charge in [-0.2, -0.15) is 0 Å². The quantitative estimate of drug-likeness (QED) is 0.159. The van der Waals surface area contributed by atoms with Crippen LogP contribution in [-0.2, 0) is 0 Å². The number of hydrogen-bond acceptors (Lipinski definition) is 5. The lowest BCUT2D eigenvalue weighted by Crippen LogP contribution is -2.01. The minimum absolute atomic E-state index is 0.620. The maximum absolute atomic E-state index is 6.44. The summed E-state index contributed by atoms with van der Waals surface area (Å²) in [6.07, 6.45) is 0. The molecule has 69 heavy (non-hydrogen) atoms. The van der Waals surface area contributed by atoms with Gasteiger partial charge in [0.25, 0.3) is 0 Å². The Kier molecular flexibility index (Phi) is 8.75. The molecule has 0 bridgehead atoms. The molecule has 0 amide bonds. The molecule has 0 saturated carbocycles. The second-order valence-electron chi connectivity index (χ2n) is 17.4. The number of hydrogen-bond donors (Lipinski definition) is 0. The summed E-state index contributed by atoms with van der Waals surface area (Å²) in [5, 5.41) is 7.05. The van der Waals surface area contributed by atoms with E-state index < -0.39 is 0 Å². The molecule has 0 aliphatic heterocycles. The van der Waals surface area contributed by atoms with Gasteiger partial charge in [0, 0.05) is 60.7 Å². The Morgan fingerprint density at radius 2 is 0.797 bits per heavy atom. The number of benzene rings is 10. The van der Waals surface area contributed by atoms with Crippen LogP contribution in [-0.4, -0.2) is 29.1 Å². The molecule has 0 spiro atoms. The van der Waals surface area contributed by atoms with Crippen LogP contribution in [0.15, 0.2) is 235 Å². The van der Waals surface area contributed by atoms with E-state index in [0.717, 1.165) is 88.7 Å². The van der Waals surface area contributed by atoms with Crippen LogP contribution in [0.4, 0.5) is 0 Å². The Balaban J connectivity index is 0.922. The van der Waals surface area contributed by atoms with Crippen LogP contribution in [0.25, 0.3) is 134 Å². The van der Waals surface area contributed by atoms with E-state index in [1.165, 1.54) is 21.5 Å². The molecule has 4 aromatic heterocycles. The molecule has 14 aromatic rings. The van der Waals surface area contributed by atoms with E-state index in [1.54, 1.807) is 0 Å². The van der Waals surface area contributed by atoms with Gasteiger partial charge in [-0.3, -0.25) is 0 Å². The first-order chi connectivity index (χ1) is 34.2. The Hall–Kier alpha value is -9.46. The Morgan fingerprint density at radius 3 is 1.41 bits per heavy atom. The molecular weight excluding hydrogens is 845 g/mol. The SMILES string of the molecule is c1ccc(-c2nc(-c3ccccc3)nc(-c3ccc(-n4c5ccccc5c5ccc6c7ccccc7n(-c7ccc8cc(-c9cccc%10nc(-c%11ccccc%11)oc9%10)ccc8c7)c6c54)cc3)n2)cc1. The summed E-state index contributed by atoms with van der Waals surface area (Å²) in [5.74, 6) is 2.51. The molecule has 7 heteroatoms. The molecule has 0 fully saturated rings. The lowest BCUT2D eigenvalue weighted by Gasteiger charge is -2.14. The topological polar surface area (TPSA) is 74.6 Å². The molecule has 0 atom stereocenters. The van der Waals surface area contributed by atoms with Crippen molar-refractivity contribution in [3.05, 3.63) is 231 Å². The van der Waals surface area contributed by atoms with Crippen LogP contribution >= 0.6 is 0 Å². The largest absolute Gasteiger partial charge is 0.435 e. The van der Waals surface area contributed by atoms with Crippen molar-refractivity contribution >= 4 is 65.5 Å². The minimum Gasteiger partial charge on any atom is -0.435 e. The Bertz CT molecular complexity index is 4230. The van der Waals surface area contributed by atoms with E-state index in [0.29, 0.717) is 23.4 Å². The van der Waals surface area contributed by atoms with Crippen LogP contribution < -0.4 is 0 Å². The van der Waals surface area contributed by atoms with Gasteiger partial charge in [0.2, 0.25) is 5.89 Å². The summed E-state index contributed by atoms with van der Waals surface area (Å²) in [5.41, 5.74) is 14.1. The lowest BCUT2D eigenvalue weighted by atomic mass is 10.00. The van der Waals surface area contributed by atoms with Crippen molar-refractivity contribution in [3.8, 4) is 68.1 Å². The van der Waals surface area contributed by atoms with Crippen LogP contribution in [0, 0.1) is 0 Å². The van der Waals surface area contributed by atoms with Crippen molar-refractivity contribution in [2.75, 3.05) is 0 Å². The number of aromatic nitrogens is 6. The predicted octanol–water partition coefficient (Wildman–Crippen LogP) is 15.7.